The van der Waals surface area contributed by atoms with E-state index in [9.17, 15) is 14.6 Å². The average Bonchev–Trinajstić information content (AvgIpc) is 3.50. The van der Waals surface area contributed by atoms with Gasteiger partial charge in [-0.1, -0.05) is 24.3 Å². The lowest BCUT2D eigenvalue weighted by Gasteiger charge is -2.16. The Labute approximate surface area is 177 Å². The molecule has 5 rings (SSSR count). The van der Waals surface area contributed by atoms with Gasteiger partial charge in [0.1, 0.15) is 30.5 Å². The molecule has 0 saturated carbocycles. The smallest absolute Gasteiger partial charge is 0.167 e. The van der Waals surface area contributed by atoms with E-state index in [-0.39, 0.29) is 11.9 Å². The number of nitrogens with zero attached hydrogens (tertiary/aromatic N) is 4. The molecule has 2 saturated heterocycles. The fraction of sp³-hybridized carbons (Fsp3) is 0.381. The maximum atomic E-state index is 13.1. The first kappa shape index (κ1) is 20.0. The molecule has 2 fully saturated rings. The lowest BCUT2D eigenvalue weighted by atomic mass is 10.1. The number of hydrogen-bond donors (Lipinski definition) is 3. The van der Waals surface area contributed by atoms with Crippen molar-refractivity contribution >= 4 is 23.1 Å². The van der Waals surface area contributed by atoms with Crippen LogP contribution in [-0.4, -0.2) is 67.3 Å². The molecule has 2 aliphatic heterocycles. The van der Waals surface area contributed by atoms with Crippen LogP contribution in [0.2, 0.25) is 0 Å². The van der Waals surface area contributed by atoms with E-state index < -0.39 is 24.5 Å². The van der Waals surface area contributed by atoms with Crippen molar-refractivity contribution in [1.82, 2.24) is 19.5 Å². The molecule has 10 heteroatoms. The van der Waals surface area contributed by atoms with Gasteiger partial charge in [0, 0.05) is 6.61 Å². The third-order valence-electron chi connectivity index (χ3n) is 5.53. The number of aliphatic hydroxyl groups is 2. The Hall–Kier alpha value is -2.92. The van der Waals surface area contributed by atoms with E-state index >= 15 is 0 Å². The van der Waals surface area contributed by atoms with E-state index in [1.807, 2.05) is 0 Å². The second-order valence-corrected chi connectivity index (χ2v) is 7.63. The number of ether oxygens (including phenoxy) is 2. The summed E-state index contributed by atoms with van der Waals surface area (Å²) in [4.78, 5) is 13.0. The molecule has 162 valence electrons. The van der Waals surface area contributed by atoms with Crippen molar-refractivity contribution in [1.29, 1.82) is 0 Å². The molecule has 31 heavy (non-hydrogen) atoms. The van der Waals surface area contributed by atoms with Gasteiger partial charge in [-0.15, -0.1) is 0 Å². The zero-order valence-corrected chi connectivity index (χ0v) is 16.5. The summed E-state index contributed by atoms with van der Waals surface area (Å²) < 4.78 is 26.0. The lowest BCUT2D eigenvalue weighted by molar-refractivity contribution is -0.0243. The minimum atomic E-state index is -1.19. The molecule has 2 aromatic heterocycles. The number of benzene rings is 1. The third-order valence-corrected chi connectivity index (χ3v) is 5.53. The first-order chi connectivity index (χ1) is 15.1. The maximum absolute atomic E-state index is 13.1. The fourth-order valence-electron chi connectivity index (χ4n) is 3.84. The summed E-state index contributed by atoms with van der Waals surface area (Å²) >= 11 is 0. The minimum absolute atomic E-state index is 0.152. The van der Waals surface area contributed by atoms with Gasteiger partial charge in [-0.2, -0.15) is 0 Å². The van der Waals surface area contributed by atoms with Crippen molar-refractivity contribution in [3.05, 3.63) is 54.4 Å². The van der Waals surface area contributed by atoms with Crippen molar-refractivity contribution in [2.45, 2.75) is 37.0 Å². The summed E-state index contributed by atoms with van der Waals surface area (Å²) in [5, 5.41) is 24.4. The number of halogens is 1. The van der Waals surface area contributed by atoms with Crippen LogP contribution >= 0.6 is 0 Å². The molecule has 3 N–H and O–H groups in total. The molecule has 1 aromatic carbocycles. The van der Waals surface area contributed by atoms with Crippen LogP contribution in [-0.2, 0) is 9.47 Å². The number of anilines is 1. The summed E-state index contributed by atoms with van der Waals surface area (Å²) in [5.74, 6) is 0.258. The van der Waals surface area contributed by atoms with Crippen molar-refractivity contribution in [2.75, 3.05) is 18.5 Å². The van der Waals surface area contributed by atoms with Gasteiger partial charge in [-0.05, 0) is 24.1 Å². The van der Waals surface area contributed by atoms with Gasteiger partial charge >= 0.3 is 0 Å². The summed E-state index contributed by atoms with van der Waals surface area (Å²) in [6.45, 7) is 1.30. The zero-order valence-electron chi connectivity index (χ0n) is 16.5. The SMILES string of the molecule is O[C@@H]1[C@H](O)[C@@H](C=Cc2ccc(F)cc2)O[C@H]1n1cnc2c(N[C@@H]3CCOC3)ncnc21. The lowest BCUT2D eigenvalue weighted by Crippen LogP contribution is -2.30. The first-order valence-electron chi connectivity index (χ1n) is 10.1. The van der Waals surface area contributed by atoms with Crippen LogP contribution in [0.15, 0.2) is 43.0 Å². The molecular formula is C21H22FN5O4. The maximum Gasteiger partial charge on any atom is 0.167 e. The molecule has 0 bridgehead atoms. The highest BCUT2D eigenvalue weighted by Crippen LogP contribution is 2.33. The van der Waals surface area contributed by atoms with Crippen LogP contribution in [0.5, 0.6) is 0 Å². The summed E-state index contributed by atoms with van der Waals surface area (Å²) in [6.07, 6.45) is 3.21. The summed E-state index contributed by atoms with van der Waals surface area (Å²) in [7, 11) is 0. The van der Waals surface area contributed by atoms with Crippen molar-refractivity contribution in [3.63, 3.8) is 0 Å². The van der Waals surface area contributed by atoms with Gasteiger partial charge in [-0.25, -0.2) is 19.3 Å². The van der Waals surface area contributed by atoms with Crippen LogP contribution in [0.25, 0.3) is 17.2 Å². The molecular weight excluding hydrogens is 405 g/mol. The number of imidazole rings is 1. The molecule has 2 aliphatic rings. The van der Waals surface area contributed by atoms with Crippen LogP contribution in [0.3, 0.4) is 0 Å². The summed E-state index contributed by atoms with van der Waals surface area (Å²) in [6, 6.07) is 6.09. The van der Waals surface area contributed by atoms with E-state index in [0.29, 0.717) is 30.2 Å². The fourth-order valence-corrected chi connectivity index (χ4v) is 3.84. The molecule has 3 aromatic rings. The van der Waals surface area contributed by atoms with Gasteiger partial charge in [0.25, 0.3) is 0 Å². The standard InChI is InChI=1S/C21H22FN5O4/c22-13-4-1-12(2-5-13)3-6-15-17(28)18(29)21(31-15)27-11-25-16-19(23-10-24-20(16)27)26-14-7-8-30-9-14/h1-6,10-11,14-15,17-18,21,28-29H,7-9H2,(H,23,24,26)/t14-,15-,17-,18-,21-/m1/s1. The van der Waals surface area contributed by atoms with Gasteiger partial charge in [0.05, 0.1) is 19.0 Å². The number of aliphatic hydroxyl groups excluding tert-OH is 2. The molecule has 0 spiro atoms. The molecule has 5 atom stereocenters. The highest BCUT2D eigenvalue weighted by molar-refractivity contribution is 5.82. The van der Waals surface area contributed by atoms with Crippen molar-refractivity contribution in [2.24, 2.45) is 0 Å². The van der Waals surface area contributed by atoms with Crippen LogP contribution in [0, 0.1) is 5.82 Å². The number of hydrogen-bond acceptors (Lipinski definition) is 8. The predicted octanol–water partition coefficient (Wildman–Crippen LogP) is 1.50. The number of fused-ring (bicyclic) bond motifs is 1. The summed E-state index contributed by atoms with van der Waals surface area (Å²) in [5.41, 5.74) is 1.78. The third kappa shape index (κ3) is 3.90. The highest BCUT2D eigenvalue weighted by atomic mass is 19.1. The average molecular weight is 427 g/mol. The minimum Gasteiger partial charge on any atom is -0.387 e. The van der Waals surface area contributed by atoms with Crippen LogP contribution in [0.1, 0.15) is 18.2 Å². The second kappa shape index (κ2) is 8.31. The first-order valence-corrected chi connectivity index (χ1v) is 10.1. The Balaban J connectivity index is 1.37. The van der Waals surface area contributed by atoms with Gasteiger partial charge in [-0.3, -0.25) is 4.57 Å². The second-order valence-electron chi connectivity index (χ2n) is 7.63. The Morgan fingerprint density at radius 3 is 2.74 bits per heavy atom. The normalized spacial score (nSPS) is 28.7. The zero-order chi connectivity index (χ0) is 21.4. The van der Waals surface area contributed by atoms with Crippen LogP contribution < -0.4 is 5.32 Å². The van der Waals surface area contributed by atoms with Crippen LogP contribution in [0.4, 0.5) is 10.2 Å². The molecule has 4 heterocycles. The van der Waals surface area contributed by atoms with E-state index in [0.717, 1.165) is 12.0 Å². The molecule has 0 unspecified atom stereocenters. The van der Waals surface area contributed by atoms with Gasteiger partial charge < -0.3 is 25.0 Å². The molecule has 9 nitrogen and oxygen atoms in total. The van der Waals surface area contributed by atoms with E-state index in [2.05, 4.69) is 20.3 Å². The monoisotopic (exact) mass is 427 g/mol. The van der Waals surface area contributed by atoms with E-state index in [1.165, 1.54) is 24.8 Å². The molecule has 0 amide bonds. The quantitative estimate of drug-likeness (QED) is 0.561. The number of aromatic nitrogens is 4. The molecule has 0 radical (unpaired) electrons. The van der Waals surface area contributed by atoms with Gasteiger partial charge in [0.2, 0.25) is 0 Å². The number of nitrogens with one attached hydrogen (secondary N) is 1. The van der Waals surface area contributed by atoms with Gasteiger partial charge in [0.15, 0.2) is 23.2 Å². The Kier molecular flexibility index (Phi) is 5.36. The van der Waals surface area contributed by atoms with E-state index in [1.54, 1.807) is 28.9 Å². The predicted molar refractivity (Wildman–Crippen MR) is 110 cm³/mol. The van der Waals surface area contributed by atoms with Crippen molar-refractivity contribution in [3.8, 4) is 0 Å². The molecule has 0 aliphatic carbocycles. The van der Waals surface area contributed by atoms with E-state index in [4.69, 9.17) is 9.47 Å². The van der Waals surface area contributed by atoms with Crippen molar-refractivity contribution < 1.29 is 24.1 Å². The Morgan fingerprint density at radius 1 is 1.13 bits per heavy atom. The topological polar surface area (TPSA) is 115 Å². The largest absolute Gasteiger partial charge is 0.387 e. The Bertz CT molecular complexity index is 1080. The Morgan fingerprint density at radius 2 is 1.97 bits per heavy atom. The highest BCUT2D eigenvalue weighted by Gasteiger charge is 2.43. The number of rotatable bonds is 5.